The Morgan fingerprint density at radius 2 is 1.02 bits per heavy atom. The molecule has 0 atom stereocenters. The smallest absolute Gasteiger partial charge is 0.340 e. The molecular formula is C35H58O11Si3. The maximum absolute atomic E-state index is 12.1. The standard InChI is InChI=1S/C35H58O11Si3/c1-34(2,47(5,6)25-23-40-19-20-42-27-44-33(39)29-13-17-31(37)18-14-29)46-49(9,10)35(3,4)45-48(7,8)26-24-41-21-22-43-32(38)28-11-15-30(36)16-12-28/h11-18,36-37H,19-27H2,1-10H3. The van der Waals surface area contributed by atoms with Crippen molar-refractivity contribution >= 4 is 36.6 Å². The molecule has 0 amide bonds. The number of aromatic hydroxyl groups is 2. The highest BCUT2D eigenvalue weighted by molar-refractivity contribution is 6.82. The molecule has 0 spiro atoms. The van der Waals surface area contributed by atoms with Crippen LogP contribution in [0, 0.1) is 0 Å². The van der Waals surface area contributed by atoms with E-state index in [0.29, 0.717) is 44.2 Å². The predicted octanol–water partition coefficient (Wildman–Crippen LogP) is 6.91. The molecule has 0 aliphatic rings. The number of ether oxygens (including phenoxy) is 5. The van der Waals surface area contributed by atoms with Gasteiger partial charge in [0, 0.05) is 18.4 Å². The van der Waals surface area contributed by atoms with Crippen LogP contribution < -0.4 is 0 Å². The normalized spacial score (nSPS) is 12.9. The Balaban J connectivity index is 1.71. The van der Waals surface area contributed by atoms with E-state index in [9.17, 15) is 19.8 Å². The van der Waals surface area contributed by atoms with Gasteiger partial charge in [0.05, 0.1) is 44.2 Å². The summed E-state index contributed by atoms with van der Waals surface area (Å²) in [5.41, 5.74) is 0.722. The van der Waals surface area contributed by atoms with Gasteiger partial charge < -0.3 is 42.7 Å². The number of carbonyl (C=O) groups is 2. The topological polar surface area (TPSA) is 139 Å². The van der Waals surface area contributed by atoms with Gasteiger partial charge in [-0.15, -0.1) is 0 Å². The van der Waals surface area contributed by atoms with E-state index in [1.165, 1.54) is 48.5 Å². The van der Waals surface area contributed by atoms with Crippen molar-refractivity contribution in [2.75, 3.05) is 46.4 Å². The minimum absolute atomic E-state index is 0.0822. The summed E-state index contributed by atoms with van der Waals surface area (Å²) in [6.07, 6.45) is 0. The van der Waals surface area contributed by atoms with E-state index in [0.717, 1.165) is 12.1 Å². The average Bonchev–Trinajstić information content (AvgIpc) is 2.99. The Morgan fingerprint density at radius 1 is 0.571 bits per heavy atom. The van der Waals surface area contributed by atoms with Crippen molar-refractivity contribution in [1.82, 2.24) is 0 Å². The van der Waals surface area contributed by atoms with Crippen molar-refractivity contribution in [2.24, 2.45) is 0 Å². The molecule has 0 unspecified atom stereocenters. The van der Waals surface area contributed by atoms with Crippen molar-refractivity contribution in [3.8, 4) is 11.5 Å². The summed E-state index contributed by atoms with van der Waals surface area (Å²) in [5, 5.41) is 17.9. The Hall–Kier alpha value is -2.57. The van der Waals surface area contributed by atoms with Gasteiger partial charge in [-0.2, -0.15) is 0 Å². The fraction of sp³-hybridized carbons (Fsp3) is 0.600. The Labute approximate surface area is 295 Å². The molecule has 0 fully saturated rings. The van der Waals surface area contributed by atoms with Crippen LogP contribution >= 0.6 is 0 Å². The molecule has 14 heteroatoms. The van der Waals surface area contributed by atoms with Gasteiger partial charge >= 0.3 is 11.9 Å². The van der Waals surface area contributed by atoms with Gasteiger partial charge in [-0.1, -0.05) is 13.1 Å². The molecule has 276 valence electrons. The lowest BCUT2D eigenvalue weighted by atomic mass is 10.2. The average molecular weight is 739 g/mol. The van der Waals surface area contributed by atoms with E-state index >= 15 is 0 Å². The molecule has 0 radical (unpaired) electrons. The number of carbonyl (C=O) groups excluding carboxylic acids is 2. The minimum atomic E-state index is -2.38. The minimum Gasteiger partial charge on any atom is -0.508 e. The van der Waals surface area contributed by atoms with Gasteiger partial charge in [0.15, 0.2) is 15.1 Å². The molecule has 0 aliphatic carbocycles. The zero-order valence-electron chi connectivity index (χ0n) is 31.1. The first-order chi connectivity index (χ1) is 22.7. The number of esters is 2. The van der Waals surface area contributed by atoms with Crippen LogP contribution in [0.1, 0.15) is 48.4 Å². The molecule has 2 rings (SSSR count). The summed E-state index contributed by atoms with van der Waals surface area (Å²) >= 11 is 0. The zero-order valence-corrected chi connectivity index (χ0v) is 34.1. The first kappa shape index (κ1) is 42.6. The van der Waals surface area contributed by atoms with Crippen molar-refractivity contribution in [1.29, 1.82) is 0 Å². The number of phenolic OH excluding ortho intramolecular Hbond substituents is 2. The Kier molecular flexibility index (Phi) is 16.2. The predicted molar refractivity (Wildman–Crippen MR) is 197 cm³/mol. The molecule has 0 saturated carbocycles. The van der Waals surface area contributed by atoms with Gasteiger partial charge in [-0.05, 0) is 115 Å². The summed E-state index contributed by atoms with van der Waals surface area (Å²) in [4.78, 5) is 24.1. The molecule has 2 aromatic rings. The molecule has 0 heterocycles. The van der Waals surface area contributed by atoms with Gasteiger partial charge in [0.2, 0.25) is 8.32 Å². The number of hydrogen-bond donors (Lipinski definition) is 2. The van der Waals surface area contributed by atoms with Crippen LogP contribution in [0.4, 0.5) is 0 Å². The third kappa shape index (κ3) is 14.3. The van der Waals surface area contributed by atoms with E-state index in [-0.39, 0.29) is 30.1 Å². The molecule has 0 bridgehead atoms. The van der Waals surface area contributed by atoms with E-state index in [1.807, 2.05) is 0 Å². The van der Waals surface area contributed by atoms with Gasteiger partial charge in [-0.25, -0.2) is 9.59 Å². The second kappa shape index (κ2) is 18.6. The zero-order chi connectivity index (χ0) is 36.9. The maximum Gasteiger partial charge on any atom is 0.340 e. The highest BCUT2D eigenvalue weighted by Gasteiger charge is 2.51. The number of benzene rings is 2. The van der Waals surface area contributed by atoms with Gasteiger partial charge in [-0.3, -0.25) is 0 Å². The van der Waals surface area contributed by atoms with Crippen LogP contribution in [0.5, 0.6) is 11.5 Å². The van der Waals surface area contributed by atoms with Crippen LogP contribution in [0.15, 0.2) is 48.5 Å². The van der Waals surface area contributed by atoms with E-state index in [4.69, 9.17) is 32.5 Å². The third-order valence-corrected chi connectivity index (χ3v) is 20.9. The summed E-state index contributed by atoms with van der Waals surface area (Å²) in [6, 6.07) is 13.5. The van der Waals surface area contributed by atoms with Crippen molar-refractivity contribution in [2.45, 2.75) is 89.5 Å². The molecule has 0 aliphatic heterocycles. The fourth-order valence-corrected chi connectivity index (χ4v) is 13.3. The molecule has 11 nitrogen and oxygen atoms in total. The lowest BCUT2D eigenvalue weighted by Gasteiger charge is -2.51. The number of rotatable bonds is 22. The van der Waals surface area contributed by atoms with Crippen LogP contribution in [0.3, 0.4) is 0 Å². The largest absolute Gasteiger partial charge is 0.508 e. The highest BCUT2D eigenvalue weighted by atomic mass is 28.4. The van der Waals surface area contributed by atoms with Gasteiger partial charge in [0.25, 0.3) is 0 Å². The second-order valence-corrected chi connectivity index (χ2v) is 28.9. The van der Waals surface area contributed by atoms with Crippen molar-refractivity contribution in [3.05, 3.63) is 59.7 Å². The Bertz CT molecular complexity index is 1310. The maximum atomic E-state index is 12.1. The van der Waals surface area contributed by atoms with E-state index in [2.05, 4.69) is 67.0 Å². The summed E-state index contributed by atoms with van der Waals surface area (Å²) in [6.45, 7) is 24.2. The lowest BCUT2D eigenvalue weighted by molar-refractivity contribution is -0.0470. The Morgan fingerprint density at radius 3 is 1.55 bits per heavy atom. The molecule has 49 heavy (non-hydrogen) atoms. The van der Waals surface area contributed by atoms with Crippen molar-refractivity contribution in [3.63, 3.8) is 0 Å². The van der Waals surface area contributed by atoms with Crippen LogP contribution in [-0.2, 0) is 32.5 Å². The SMILES string of the molecule is CC(C)(O[Si](C)(C)C(C)(C)O[Si](C)(C)CCOCCOC(=O)c1ccc(O)cc1)[Si](C)(C)CCOCCOCOC(=O)c1ccc(O)cc1. The molecule has 0 saturated heterocycles. The lowest BCUT2D eigenvalue weighted by Crippen LogP contribution is -2.65. The molecule has 2 N–H and O–H groups in total. The molecule has 0 aromatic heterocycles. The van der Waals surface area contributed by atoms with Gasteiger partial charge in [0.1, 0.15) is 18.1 Å². The monoisotopic (exact) mass is 738 g/mol. The van der Waals surface area contributed by atoms with Crippen LogP contribution in [0.25, 0.3) is 0 Å². The van der Waals surface area contributed by atoms with Crippen molar-refractivity contribution < 1.29 is 52.3 Å². The van der Waals surface area contributed by atoms with Crippen LogP contribution in [0.2, 0.25) is 51.4 Å². The fourth-order valence-electron chi connectivity index (χ4n) is 4.74. The second-order valence-electron chi connectivity index (χ2n) is 14.8. The molecular weight excluding hydrogens is 681 g/mol. The highest BCUT2D eigenvalue weighted by Crippen LogP contribution is 2.37. The number of phenols is 2. The van der Waals surface area contributed by atoms with E-state index < -0.39 is 41.9 Å². The first-order valence-corrected chi connectivity index (χ1v) is 26.0. The third-order valence-electron chi connectivity index (χ3n) is 9.15. The first-order valence-electron chi connectivity index (χ1n) is 16.7. The van der Waals surface area contributed by atoms with E-state index in [1.54, 1.807) is 0 Å². The summed E-state index contributed by atoms with van der Waals surface area (Å²) in [5.74, 6) is -0.791. The molecule has 2 aromatic carbocycles. The number of hydrogen-bond acceptors (Lipinski definition) is 11. The summed E-state index contributed by atoms with van der Waals surface area (Å²) in [7, 11) is -6.44. The summed E-state index contributed by atoms with van der Waals surface area (Å²) < 4.78 is 41.3. The van der Waals surface area contributed by atoms with Crippen LogP contribution in [-0.4, -0.2) is 104 Å². The quantitative estimate of drug-likeness (QED) is 0.0564.